The van der Waals surface area contributed by atoms with Crippen molar-refractivity contribution in [2.45, 2.75) is 23.2 Å². The van der Waals surface area contributed by atoms with Gasteiger partial charge < -0.3 is 5.32 Å². The second-order valence-corrected chi connectivity index (χ2v) is 10.3. The predicted molar refractivity (Wildman–Crippen MR) is 117 cm³/mol. The summed E-state index contributed by atoms with van der Waals surface area (Å²) in [6.45, 7) is 0.561. The normalized spacial score (nSPS) is 21.6. The van der Waals surface area contributed by atoms with E-state index in [4.69, 9.17) is 0 Å². The minimum atomic E-state index is -3.35. The fourth-order valence-electron chi connectivity index (χ4n) is 5.15. The van der Waals surface area contributed by atoms with Crippen LogP contribution in [0.1, 0.15) is 50.9 Å². The van der Waals surface area contributed by atoms with E-state index in [0.717, 1.165) is 12.7 Å². The third-order valence-corrected chi connectivity index (χ3v) is 7.58. The van der Waals surface area contributed by atoms with Gasteiger partial charge in [0.2, 0.25) is 0 Å². The Morgan fingerprint density at radius 3 is 2.10 bits per heavy atom. The van der Waals surface area contributed by atoms with Crippen molar-refractivity contribution in [1.29, 1.82) is 0 Å². The quantitative estimate of drug-likeness (QED) is 0.695. The Balaban J connectivity index is 1.40. The lowest BCUT2D eigenvalue weighted by molar-refractivity contribution is 0.0942. The molecule has 4 nitrogen and oxygen atoms in total. The summed E-state index contributed by atoms with van der Waals surface area (Å²) >= 11 is 0. The molecule has 3 aliphatic carbocycles. The zero-order chi connectivity index (χ0) is 20.9. The number of carbonyl (C=O) groups excluding carboxylic acids is 1. The molecule has 6 rings (SSSR count). The maximum Gasteiger partial charge on any atom is 0.251 e. The molecule has 5 heteroatoms. The Hall–Kier alpha value is -2.92. The van der Waals surface area contributed by atoms with E-state index in [9.17, 15) is 13.2 Å². The molecule has 0 aromatic heterocycles. The van der Waals surface area contributed by atoms with Crippen molar-refractivity contribution in [1.82, 2.24) is 5.32 Å². The fourth-order valence-corrected chi connectivity index (χ4v) is 5.82. The molecule has 0 spiro atoms. The van der Waals surface area contributed by atoms with Crippen LogP contribution in [0, 0.1) is 5.92 Å². The average Bonchev–Trinajstić information content (AvgIpc) is 2.77. The van der Waals surface area contributed by atoms with E-state index in [2.05, 4.69) is 53.8 Å². The zero-order valence-corrected chi connectivity index (χ0v) is 17.5. The van der Waals surface area contributed by atoms with Crippen molar-refractivity contribution in [3.05, 3.63) is 101 Å². The number of nitrogens with one attached hydrogen (secondary N) is 1. The Bertz CT molecular complexity index is 1200. The van der Waals surface area contributed by atoms with E-state index in [1.165, 1.54) is 34.4 Å². The van der Waals surface area contributed by atoms with Gasteiger partial charge in [-0.1, -0.05) is 54.6 Å². The molecule has 2 bridgehead atoms. The number of hydrogen-bond acceptors (Lipinski definition) is 3. The summed E-state index contributed by atoms with van der Waals surface area (Å²) in [5.74, 6) is 0.702. The highest BCUT2D eigenvalue weighted by molar-refractivity contribution is 7.90. The number of hydrogen-bond donors (Lipinski definition) is 1. The zero-order valence-electron chi connectivity index (χ0n) is 16.7. The monoisotopic (exact) mass is 417 g/mol. The maximum absolute atomic E-state index is 12.8. The predicted octanol–water partition coefficient (Wildman–Crippen LogP) is 4.12. The molecule has 1 unspecified atom stereocenters. The second kappa shape index (κ2) is 7.10. The molecule has 1 amide bonds. The lowest BCUT2D eigenvalue weighted by Crippen LogP contribution is -2.39. The first-order valence-electron chi connectivity index (χ1n) is 10.2. The van der Waals surface area contributed by atoms with Crippen molar-refractivity contribution >= 4 is 15.7 Å². The maximum atomic E-state index is 12.8. The van der Waals surface area contributed by atoms with E-state index in [0.29, 0.717) is 23.9 Å². The molecule has 0 aliphatic heterocycles. The van der Waals surface area contributed by atoms with Gasteiger partial charge in [-0.2, -0.15) is 0 Å². The van der Waals surface area contributed by atoms with Gasteiger partial charge in [0.05, 0.1) is 4.90 Å². The summed E-state index contributed by atoms with van der Waals surface area (Å²) in [6.07, 6.45) is 2.15. The third-order valence-electron chi connectivity index (χ3n) is 6.47. The first kappa shape index (κ1) is 19.1. The fraction of sp³-hybridized carbons (Fsp3) is 0.240. The Labute approximate surface area is 176 Å². The van der Waals surface area contributed by atoms with Gasteiger partial charge in [0.25, 0.3) is 5.91 Å². The van der Waals surface area contributed by atoms with Crippen molar-refractivity contribution in [2.75, 3.05) is 12.8 Å². The topological polar surface area (TPSA) is 63.2 Å². The van der Waals surface area contributed by atoms with Gasteiger partial charge in [-0.3, -0.25) is 4.79 Å². The van der Waals surface area contributed by atoms with Gasteiger partial charge >= 0.3 is 0 Å². The van der Waals surface area contributed by atoms with Crippen molar-refractivity contribution in [3.63, 3.8) is 0 Å². The highest BCUT2D eigenvalue weighted by Gasteiger charge is 2.42. The van der Waals surface area contributed by atoms with Gasteiger partial charge in [-0.25, -0.2) is 8.42 Å². The van der Waals surface area contributed by atoms with Crippen LogP contribution in [0.4, 0.5) is 0 Å². The molecule has 0 radical (unpaired) electrons. The largest absolute Gasteiger partial charge is 0.352 e. The molecular formula is C25H23NO3S. The van der Waals surface area contributed by atoms with E-state index in [1.807, 2.05) is 0 Å². The minimum absolute atomic E-state index is 0.162. The molecule has 3 aromatic rings. The molecule has 152 valence electrons. The Morgan fingerprint density at radius 2 is 1.50 bits per heavy atom. The highest BCUT2D eigenvalue weighted by Crippen LogP contribution is 2.55. The van der Waals surface area contributed by atoms with E-state index in [-0.39, 0.29) is 16.7 Å². The summed E-state index contributed by atoms with van der Waals surface area (Å²) in [5.41, 5.74) is 5.92. The average molecular weight is 418 g/mol. The lowest BCUT2D eigenvalue weighted by Gasteiger charge is -2.45. The molecule has 3 aromatic carbocycles. The third kappa shape index (κ3) is 3.14. The van der Waals surface area contributed by atoms with Crippen molar-refractivity contribution in [3.8, 4) is 0 Å². The van der Waals surface area contributed by atoms with Crippen LogP contribution in [0.3, 0.4) is 0 Å². The molecule has 1 N–H and O–H groups in total. The SMILES string of the molecule is CS(=O)(=O)c1cccc(C(=O)NCC2CC3c4ccccc4C2c2ccccc23)c1. The van der Waals surface area contributed by atoms with Crippen molar-refractivity contribution < 1.29 is 13.2 Å². The Kier molecular flexibility index (Phi) is 4.51. The molecule has 0 fully saturated rings. The number of fused-ring (bicyclic) bond motifs is 1. The summed E-state index contributed by atoms with van der Waals surface area (Å²) < 4.78 is 23.6. The highest BCUT2D eigenvalue weighted by atomic mass is 32.2. The van der Waals surface area contributed by atoms with E-state index >= 15 is 0 Å². The lowest BCUT2D eigenvalue weighted by atomic mass is 9.59. The van der Waals surface area contributed by atoms with Crippen LogP contribution in [0.2, 0.25) is 0 Å². The molecule has 0 saturated carbocycles. The molecule has 0 saturated heterocycles. The van der Waals surface area contributed by atoms with Gasteiger partial charge in [0, 0.05) is 30.2 Å². The molecule has 1 atom stereocenters. The number of carbonyl (C=O) groups is 1. The smallest absolute Gasteiger partial charge is 0.251 e. The minimum Gasteiger partial charge on any atom is -0.352 e. The van der Waals surface area contributed by atoms with Crippen LogP contribution in [-0.2, 0) is 9.84 Å². The van der Waals surface area contributed by atoms with E-state index in [1.54, 1.807) is 12.1 Å². The van der Waals surface area contributed by atoms with Crippen LogP contribution in [-0.4, -0.2) is 27.1 Å². The van der Waals surface area contributed by atoms with Gasteiger partial charge in [-0.15, -0.1) is 0 Å². The first-order chi connectivity index (χ1) is 14.4. The number of rotatable bonds is 4. The summed E-state index contributed by atoms with van der Waals surface area (Å²) in [4.78, 5) is 12.9. The van der Waals surface area contributed by atoms with Crippen LogP contribution in [0.5, 0.6) is 0 Å². The van der Waals surface area contributed by atoms with Crippen LogP contribution in [0.25, 0.3) is 0 Å². The number of benzene rings is 3. The second-order valence-electron chi connectivity index (χ2n) is 8.29. The van der Waals surface area contributed by atoms with Gasteiger partial charge in [0.1, 0.15) is 0 Å². The van der Waals surface area contributed by atoms with Gasteiger partial charge in [0.15, 0.2) is 9.84 Å². The molecule has 30 heavy (non-hydrogen) atoms. The Morgan fingerprint density at radius 1 is 0.900 bits per heavy atom. The van der Waals surface area contributed by atoms with Crippen molar-refractivity contribution in [2.24, 2.45) is 5.92 Å². The number of sulfone groups is 1. The van der Waals surface area contributed by atoms with Crippen LogP contribution in [0.15, 0.2) is 77.7 Å². The van der Waals surface area contributed by atoms with Crippen LogP contribution < -0.4 is 5.32 Å². The van der Waals surface area contributed by atoms with E-state index < -0.39 is 9.84 Å². The summed E-state index contributed by atoms with van der Waals surface area (Å²) in [5, 5.41) is 3.06. The summed E-state index contributed by atoms with van der Waals surface area (Å²) in [7, 11) is -3.35. The molecule has 3 aliphatic rings. The summed E-state index contributed by atoms with van der Waals surface area (Å²) in [6, 6.07) is 23.5. The number of amides is 1. The van der Waals surface area contributed by atoms with Gasteiger partial charge in [-0.05, 0) is 52.8 Å². The standard InChI is InChI=1S/C25H23NO3S/c1-30(28,29)18-8-6-7-16(13-18)25(27)26-15-17-14-23-19-9-2-4-11-21(19)24(17)22-12-5-3-10-20(22)23/h2-13,17,23-24H,14-15H2,1H3,(H,26,27). The first-order valence-corrected chi connectivity index (χ1v) is 12.1. The van der Waals surface area contributed by atoms with Crippen LogP contribution >= 0.6 is 0 Å². The molecular weight excluding hydrogens is 394 g/mol. The molecule has 0 heterocycles.